The van der Waals surface area contributed by atoms with Gasteiger partial charge >= 0.3 is 0 Å². The van der Waals surface area contributed by atoms with Crippen LogP contribution in [0.5, 0.6) is 28.7 Å². The van der Waals surface area contributed by atoms with E-state index in [2.05, 4.69) is 0 Å². The maximum Gasteiger partial charge on any atom is 0.189 e. The maximum absolute atomic E-state index is 12.9. The van der Waals surface area contributed by atoms with E-state index in [1.165, 1.54) is 13.2 Å². The van der Waals surface area contributed by atoms with E-state index in [-0.39, 0.29) is 5.78 Å². The molecular weight excluding hydrogens is 380 g/mol. The van der Waals surface area contributed by atoms with E-state index in [0.29, 0.717) is 40.7 Å². The van der Waals surface area contributed by atoms with Gasteiger partial charge in [0.15, 0.2) is 5.78 Å². The molecule has 0 N–H and O–H groups in total. The number of rotatable bonds is 7. The molecule has 6 nitrogen and oxygen atoms in total. The van der Waals surface area contributed by atoms with Crippen LogP contribution in [0.1, 0.15) is 15.9 Å². The Hall–Kier alpha value is -2.80. The summed E-state index contributed by atoms with van der Waals surface area (Å²) >= 11 is 1.66. The van der Waals surface area contributed by atoms with Crippen molar-refractivity contribution in [1.82, 2.24) is 0 Å². The van der Waals surface area contributed by atoms with E-state index in [4.69, 9.17) is 23.7 Å². The molecule has 148 valence electrons. The Morgan fingerprint density at radius 1 is 0.964 bits per heavy atom. The van der Waals surface area contributed by atoms with Crippen molar-refractivity contribution >= 4 is 23.6 Å². The van der Waals surface area contributed by atoms with Crippen LogP contribution >= 0.6 is 11.8 Å². The van der Waals surface area contributed by atoms with Crippen LogP contribution in [-0.2, 0) is 0 Å². The van der Waals surface area contributed by atoms with Gasteiger partial charge in [-0.25, -0.2) is 0 Å². The molecule has 2 aromatic carbocycles. The standard InChI is InChI=1S/C21H22O6S/c1-23-13-9-17(24-2)14(18(10-13)25-3)5-6-16(22)15-11-21-20(12-19(15)26-4)27-7-8-28-21/h5-6,9-12H,7-8H2,1-4H3/b6-5+. The highest BCUT2D eigenvalue weighted by Gasteiger charge is 2.19. The summed E-state index contributed by atoms with van der Waals surface area (Å²) < 4.78 is 27.1. The number of benzene rings is 2. The second kappa shape index (κ2) is 8.93. The molecule has 0 spiro atoms. The van der Waals surface area contributed by atoms with Crippen LogP contribution in [0, 0.1) is 0 Å². The van der Waals surface area contributed by atoms with Gasteiger partial charge in [0.05, 0.1) is 51.1 Å². The van der Waals surface area contributed by atoms with Crippen LogP contribution in [0.4, 0.5) is 0 Å². The number of carbonyl (C=O) groups excluding carboxylic acids is 1. The SMILES string of the molecule is COc1cc(OC)c(/C=C/C(=O)c2cc3c(cc2OC)OCCS3)c(OC)c1. The van der Waals surface area contributed by atoms with Gasteiger partial charge in [-0.05, 0) is 18.2 Å². The fourth-order valence-electron chi connectivity index (χ4n) is 2.88. The first-order valence-electron chi connectivity index (χ1n) is 8.61. The maximum atomic E-state index is 12.9. The third kappa shape index (κ3) is 4.04. The third-order valence-corrected chi connectivity index (χ3v) is 5.29. The zero-order valence-corrected chi connectivity index (χ0v) is 17.1. The summed E-state index contributed by atoms with van der Waals surface area (Å²) in [5, 5.41) is 0. The lowest BCUT2D eigenvalue weighted by molar-refractivity contribution is 0.104. The van der Waals surface area contributed by atoms with Crippen LogP contribution in [0.2, 0.25) is 0 Å². The average Bonchev–Trinajstić information content (AvgIpc) is 2.75. The predicted molar refractivity (Wildman–Crippen MR) is 109 cm³/mol. The lowest BCUT2D eigenvalue weighted by atomic mass is 10.1. The van der Waals surface area contributed by atoms with Crippen molar-refractivity contribution in [2.45, 2.75) is 4.90 Å². The lowest BCUT2D eigenvalue weighted by Crippen LogP contribution is -2.08. The van der Waals surface area contributed by atoms with Crippen LogP contribution in [-0.4, -0.2) is 46.6 Å². The lowest BCUT2D eigenvalue weighted by Gasteiger charge is -2.19. The van der Waals surface area contributed by atoms with Crippen molar-refractivity contribution < 1.29 is 28.5 Å². The molecule has 0 radical (unpaired) electrons. The molecule has 0 bridgehead atoms. The number of carbonyl (C=O) groups is 1. The van der Waals surface area contributed by atoms with Crippen molar-refractivity contribution in [3.63, 3.8) is 0 Å². The normalized spacial score (nSPS) is 12.9. The molecular formula is C21H22O6S. The zero-order valence-electron chi connectivity index (χ0n) is 16.2. The molecule has 0 saturated heterocycles. The van der Waals surface area contributed by atoms with Gasteiger partial charge in [0, 0.05) is 24.0 Å². The highest BCUT2D eigenvalue weighted by Crippen LogP contribution is 2.39. The minimum atomic E-state index is -0.189. The Morgan fingerprint density at radius 2 is 1.64 bits per heavy atom. The fraction of sp³-hybridized carbons (Fsp3) is 0.286. The topological polar surface area (TPSA) is 63.2 Å². The fourth-order valence-corrected chi connectivity index (χ4v) is 3.73. The minimum absolute atomic E-state index is 0.189. The van der Waals surface area contributed by atoms with E-state index in [1.807, 2.05) is 6.07 Å². The molecule has 28 heavy (non-hydrogen) atoms. The highest BCUT2D eigenvalue weighted by atomic mass is 32.2. The van der Waals surface area contributed by atoms with Crippen molar-refractivity contribution in [2.24, 2.45) is 0 Å². The summed E-state index contributed by atoms with van der Waals surface area (Å²) in [5.74, 6) is 3.57. The molecule has 0 fully saturated rings. The molecule has 7 heteroatoms. The van der Waals surface area contributed by atoms with Gasteiger partial charge in [0.2, 0.25) is 0 Å². The summed E-state index contributed by atoms with van der Waals surface area (Å²) in [5.41, 5.74) is 1.12. The number of methoxy groups -OCH3 is 4. The smallest absolute Gasteiger partial charge is 0.189 e. The van der Waals surface area contributed by atoms with Crippen LogP contribution in [0.25, 0.3) is 6.08 Å². The van der Waals surface area contributed by atoms with Gasteiger partial charge in [-0.1, -0.05) is 0 Å². The molecule has 1 aliphatic heterocycles. The molecule has 0 amide bonds. The van der Waals surface area contributed by atoms with Gasteiger partial charge in [0.1, 0.15) is 28.7 Å². The number of thioether (sulfide) groups is 1. The summed E-state index contributed by atoms with van der Waals surface area (Å²) in [6.45, 7) is 0.644. The van der Waals surface area contributed by atoms with Gasteiger partial charge in [0.25, 0.3) is 0 Å². The first-order valence-corrected chi connectivity index (χ1v) is 9.59. The summed E-state index contributed by atoms with van der Waals surface area (Å²) in [4.78, 5) is 13.8. The molecule has 0 unspecified atom stereocenters. The highest BCUT2D eigenvalue weighted by molar-refractivity contribution is 7.99. The van der Waals surface area contributed by atoms with E-state index in [0.717, 1.165) is 16.4 Å². The van der Waals surface area contributed by atoms with Crippen LogP contribution in [0.3, 0.4) is 0 Å². The number of hydrogen-bond acceptors (Lipinski definition) is 7. The summed E-state index contributed by atoms with van der Waals surface area (Å²) in [7, 11) is 6.21. The Bertz CT molecular complexity index is 881. The first kappa shape index (κ1) is 19.9. The van der Waals surface area contributed by atoms with Crippen LogP contribution < -0.4 is 23.7 Å². The Morgan fingerprint density at radius 3 is 2.25 bits per heavy atom. The van der Waals surface area contributed by atoms with Crippen molar-refractivity contribution in [3.05, 3.63) is 41.5 Å². The monoisotopic (exact) mass is 402 g/mol. The third-order valence-electron chi connectivity index (χ3n) is 4.28. The van der Waals surface area contributed by atoms with Crippen molar-refractivity contribution in [1.29, 1.82) is 0 Å². The Labute approximate surface area is 168 Å². The molecule has 0 aromatic heterocycles. The molecule has 1 aliphatic rings. The van der Waals surface area contributed by atoms with Crippen LogP contribution in [0.15, 0.2) is 35.2 Å². The van der Waals surface area contributed by atoms with Gasteiger partial charge in [-0.3, -0.25) is 4.79 Å². The molecule has 2 aromatic rings. The van der Waals surface area contributed by atoms with E-state index in [9.17, 15) is 4.79 Å². The quantitative estimate of drug-likeness (QED) is 0.510. The Kier molecular flexibility index (Phi) is 6.36. The molecule has 3 rings (SSSR count). The van der Waals surface area contributed by atoms with Gasteiger partial charge in [-0.2, -0.15) is 0 Å². The van der Waals surface area contributed by atoms with Crippen molar-refractivity contribution in [2.75, 3.05) is 40.8 Å². The second-order valence-electron chi connectivity index (χ2n) is 5.84. The van der Waals surface area contributed by atoms with Gasteiger partial charge in [-0.15, -0.1) is 11.8 Å². The van der Waals surface area contributed by atoms with E-state index in [1.54, 1.807) is 57.4 Å². The largest absolute Gasteiger partial charge is 0.496 e. The first-order chi connectivity index (χ1) is 13.6. The predicted octanol–water partition coefficient (Wildman–Crippen LogP) is 4.10. The number of ether oxygens (including phenoxy) is 5. The summed E-state index contributed by atoms with van der Waals surface area (Å²) in [6, 6.07) is 7.05. The summed E-state index contributed by atoms with van der Waals surface area (Å²) in [6.07, 6.45) is 3.15. The van der Waals surface area contributed by atoms with E-state index < -0.39 is 0 Å². The average molecular weight is 402 g/mol. The van der Waals surface area contributed by atoms with Crippen molar-refractivity contribution in [3.8, 4) is 28.7 Å². The molecule has 1 heterocycles. The number of fused-ring (bicyclic) bond motifs is 1. The molecule has 0 saturated carbocycles. The number of ketones is 1. The Balaban J connectivity index is 1.96. The minimum Gasteiger partial charge on any atom is -0.496 e. The molecule has 0 aliphatic carbocycles. The van der Waals surface area contributed by atoms with Gasteiger partial charge < -0.3 is 23.7 Å². The molecule has 0 atom stereocenters. The zero-order chi connectivity index (χ0) is 20.1. The number of hydrogen-bond donors (Lipinski definition) is 0. The second-order valence-corrected chi connectivity index (χ2v) is 6.98. The van der Waals surface area contributed by atoms with E-state index >= 15 is 0 Å². The number of allylic oxidation sites excluding steroid dienone is 1.